The van der Waals surface area contributed by atoms with E-state index in [1.54, 1.807) is 6.20 Å². The Labute approximate surface area is 111 Å². The maximum absolute atomic E-state index is 10.2. The number of hydrogen-bond donors (Lipinski definition) is 2. The Kier molecular flexibility index (Phi) is 4.91. The Bertz CT molecular complexity index is 380. The van der Waals surface area contributed by atoms with E-state index in [1.165, 1.54) is 0 Å². The third-order valence-electron chi connectivity index (χ3n) is 2.38. The van der Waals surface area contributed by atoms with E-state index in [2.05, 4.69) is 26.2 Å². The van der Waals surface area contributed by atoms with Crippen molar-refractivity contribution in [3.8, 4) is 0 Å². The molecule has 0 saturated heterocycles. The molecule has 0 bridgehead atoms. The Morgan fingerprint density at radius 1 is 1.53 bits per heavy atom. The largest absolute Gasteiger partial charge is 0.387 e. The van der Waals surface area contributed by atoms with E-state index in [4.69, 9.17) is 0 Å². The zero-order valence-corrected chi connectivity index (χ0v) is 12.4. The first-order chi connectivity index (χ1) is 7.82. The topological polar surface area (TPSA) is 48.4 Å². The van der Waals surface area contributed by atoms with Gasteiger partial charge in [0.05, 0.1) is 10.1 Å². The summed E-state index contributed by atoms with van der Waals surface area (Å²) in [6.07, 6.45) is 1.75. The number of nitrogens with zero attached hydrogens (tertiary/aromatic N) is 2. The molecular weight excluding hydrogens is 282 g/mol. The summed E-state index contributed by atoms with van der Waals surface area (Å²) < 4.78 is 0.945. The van der Waals surface area contributed by atoms with Crippen LogP contribution in [0.1, 0.15) is 12.5 Å². The molecular formula is C12H20BrN3O. The number of hydrogen-bond acceptors (Lipinski definition) is 4. The average molecular weight is 302 g/mol. The quantitative estimate of drug-likeness (QED) is 0.872. The summed E-state index contributed by atoms with van der Waals surface area (Å²) in [7, 11) is 3.88. The number of rotatable bonds is 5. The van der Waals surface area contributed by atoms with Gasteiger partial charge in [0.15, 0.2) is 0 Å². The van der Waals surface area contributed by atoms with Crippen molar-refractivity contribution in [2.75, 3.05) is 32.5 Å². The van der Waals surface area contributed by atoms with Crippen LogP contribution >= 0.6 is 15.9 Å². The van der Waals surface area contributed by atoms with E-state index >= 15 is 0 Å². The molecule has 0 saturated carbocycles. The summed E-state index contributed by atoms with van der Waals surface area (Å²) in [4.78, 5) is 6.20. The molecule has 4 nitrogen and oxygen atoms in total. The molecule has 17 heavy (non-hydrogen) atoms. The maximum Gasteiger partial charge on any atom is 0.140 e. The van der Waals surface area contributed by atoms with Crippen molar-refractivity contribution in [2.24, 2.45) is 0 Å². The number of anilines is 1. The van der Waals surface area contributed by atoms with Crippen molar-refractivity contribution < 1.29 is 5.11 Å². The second-order valence-electron chi connectivity index (χ2n) is 4.88. The van der Waals surface area contributed by atoms with E-state index in [-0.39, 0.29) is 0 Å². The van der Waals surface area contributed by atoms with Crippen LogP contribution in [0.3, 0.4) is 0 Å². The first-order valence-electron chi connectivity index (χ1n) is 5.54. The Balaban J connectivity index is 2.64. The summed E-state index contributed by atoms with van der Waals surface area (Å²) >= 11 is 3.48. The number of aryl methyl sites for hydroxylation is 1. The van der Waals surface area contributed by atoms with E-state index in [1.807, 2.05) is 38.9 Å². The van der Waals surface area contributed by atoms with Gasteiger partial charge in [-0.05, 0) is 55.5 Å². The van der Waals surface area contributed by atoms with Crippen LogP contribution in [-0.2, 0) is 0 Å². The smallest absolute Gasteiger partial charge is 0.140 e. The summed E-state index contributed by atoms with van der Waals surface area (Å²) in [6, 6.07) is 1.94. The summed E-state index contributed by atoms with van der Waals surface area (Å²) in [5, 5.41) is 13.3. The second kappa shape index (κ2) is 5.80. The van der Waals surface area contributed by atoms with Crippen molar-refractivity contribution in [3.63, 3.8) is 0 Å². The van der Waals surface area contributed by atoms with E-state index in [0.717, 1.165) is 15.9 Å². The second-order valence-corrected chi connectivity index (χ2v) is 5.67. The lowest BCUT2D eigenvalue weighted by Gasteiger charge is -2.27. The van der Waals surface area contributed by atoms with Gasteiger partial charge >= 0.3 is 0 Å². The number of likely N-dealkylation sites (N-methyl/N-ethyl adjacent to an activating group) is 1. The fourth-order valence-electron chi connectivity index (χ4n) is 1.67. The lowest BCUT2D eigenvalue weighted by molar-refractivity contribution is 0.0459. The molecule has 0 spiro atoms. The van der Waals surface area contributed by atoms with E-state index in [9.17, 15) is 5.11 Å². The van der Waals surface area contributed by atoms with Gasteiger partial charge in [0.2, 0.25) is 0 Å². The van der Waals surface area contributed by atoms with E-state index < -0.39 is 5.60 Å². The molecule has 0 fully saturated rings. The van der Waals surface area contributed by atoms with Gasteiger partial charge in [0, 0.05) is 19.3 Å². The minimum absolute atomic E-state index is 0.459. The average Bonchev–Trinajstić information content (AvgIpc) is 2.18. The minimum Gasteiger partial charge on any atom is -0.387 e. The highest BCUT2D eigenvalue weighted by Gasteiger charge is 2.21. The molecule has 0 aliphatic rings. The zero-order valence-electron chi connectivity index (χ0n) is 10.8. The molecule has 1 atom stereocenters. The molecule has 1 heterocycles. The molecule has 5 heteroatoms. The molecule has 0 radical (unpaired) electrons. The van der Waals surface area contributed by atoms with Gasteiger partial charge in [-0.15, -0.1) is 0 Å². The van der Waals surface area contributed by atoms with Gasteiger partial charge < -0.3 is 15.3 Å². The normalized spacial score (nSPS) is 14.8. The highest BCUT2D eigenvalue weighted by atomic mass is 79.9. The van der Waals surface area contributed by atoms with Gasteiger partial charge in [0.25, 0.3) is 0 Å². The molecule has 1 aromatic rings. The highest BCUT2D eigenvalue weighted by molar-refractivity contribution is 9.10. The molecule has 0 aliphatic heterocycles. The predicted octanol–water partition coefficient (Wildman–Crippen LogP) is 1.88. The van der Waals surface area contributed by atoms with Crippen molar-refractivity contribution >= 4 is 21.7 Å². The van der Waals surface area contributed by atoms with Crippen LogP contribution in [-0.4, -0.2) is 47.8 Å². The number of aliphatic hydroxyl groups is 1. The molecule has 1 rings (SSSR count). The van der Waals surface area contributed by atoms with Crippen LogP contribution in [0.15, 0.2) is 16.7 Å². The van der Waals surface area contributed by atoms with Crippen LogP contribution in [0.5, 0.6) is 0 Å². The Morgan fingerprint density at radius 3 is 2.76 bits per heavy atom. The maximum atomic E-state index is 10.2. The number of nitrogens with one attached hydrogen (secondary N) is 1. The lowest BCUT2D eigenvalue weighted by Crippen LogP contribution is -2.43. The van der Waals surface area contributed by atoms with Crippen LogP contribution in [0.2, 0.25) is 0 Å². The molecule has 0 aromatic carbocycles. The van der Waals surface area contributed by atoms with Crippen LogP contribution in [0.25, 0.3) is 0 Å². The van der Waals surface area contributed by atoms with E-state index in [0.29, 0.717) is 13.1 Å². The van der Waals surface area contributed by atoms with Gasteiger partial charge in [-0.3, -0.25) is 0 Å². The zero-order chi connectivity index (χ0) is 13.1. The fourth-order valence-corrected chi connectivity index (χ4v) is 2.05. The van der Waals surface area contributed by atoms with Gasteiger partial charge in [-0.1, -0.05) is 0 Å². The minimum atomic E-state index is -0.783. The third kappa shape index (κ3) is 4.61. The highest BCUT2D eigenvalue weighted by Crippen LogP contribution is 2.23. The number of aromatic nitrogens is 1. The molecule has 2 N–H and O–H groups in total. The predicted molar refractivity (Wildman–Crippen MR) is 74.3 cm³/mol. The monoisotopic (exact) mass is 301 g/mol. The van der Waals surface area contributed by atoms with Crippen molar-refractivity contribution in [2.45, 2.75) is 19.4 Å². The van der Waals surface area contributed by atoms with Gasteiger partial charge in [-0.2, -0.15) is 0 Å². The molecule has 96 valence electrons. The standard InChI is InChI=1S/C12H20BrN3O/c1-9-5-6-14-11(10(9)13)15-7-12(2,17)8-16(3)4/h5-6,17H,7-8H2,1-4H3,(H,14,15). The number of pyridine rings is 1. The molecule has 0 amide bonds. The van der Waals surface area contributed by atoms with Crippen LogP contribution in [0, 0.1) is 6.92 Å². The Hall–Kier alpha value is -0.650. The van der Waals surface area contributed by atoms with Crippen molar-refractivity contribution in [1.29, 1.82) is 0 Å². The molecule has 0 aliphatic carbocycles. The third-order valence-corrected chi connectivity index (χ3v) is 3.38. The molecule has 1 unspecified atom stereocenters. The number of halogens is 1. The summed E-state index contributed by atoms with van der Waals surface area (Å²) in [5.41, 5.74) is 0.337. The van der Waals surface area contributed by atoms with Crippen LogP contribution < -0.4 is 5.32 Å². The van der Waals surface area contributed by atoms with Crippen molar-refractivity contribution in [3.05, 3.63) is 22.3 Å². The summed E-state index contributed by atoms with van der Waals surface area (Å²) in [5.74, 6) is 0.768. The van der Waals surface area contributed by atoms with Gasteiger partial charge in [0.1, 0.15) is 5.82 Å². The first-order valence-corrected chi connectivity index (χ1v) is 6.33. The lowest BCUT2D eigenvalue weighted by atomic mass is 10.1. The molecule has 1 aromatic heterocycles. The van der Waals surface area contributed by atoms with Crippen LogP contribution in [0.4, 0.5) is 5.82 Å². The SMILES string of the molecule is Cc1ccnc(NCC(C)(O)CN(C)C)c1Br. The Morgan fingerprint density at radius 2 is 2.18 bits per heavy atom. The fraction of sp³-hybridized carbons (Fsp3) is 0.583. The van der Waals surface area contributed by atoms with Gasteiger partial charge in [-0.25, -0.2) is 4.98 Å². The first kappa shape index (κ1) is 14.4. The van der Waals surface area contributed by atoms with Crippen molar-refractivity contribution in [1.82, 2.24) is 9.88 Å². The summed E-state index contributed by atoms with van der Waals surface area (Å²) in [6.45, 7) is 4.88.